The third-order valence-corrected chi connectivity index (χ3v) is 3.99. The maximum Gasteiger partial charge on any atom is 0.355 e. The van der Waals surface area contributed by atoms with E-state index >= 15 is 0 Å². The van der Waals surface area contributed by atoms with Crippen molar-refractivity contribution in [3.8, 4) is 0 Å². The number of carbonyl (C=O) groups excluding carboxylic acids is 1. The molecule has 2 rings (SSSR count). The van der Waals surface area contributed by atoms with E-state index in [0.717, 1.165) is 25.9 Å². The van der Waals surface area contributed by atoms with E-state index in [0.29, 0.717) is 23.0 Å². The first-order valence-electron chi connectivity index (χ1n) is 6.35. The topological polar surface area (TPSA) is 82.5 Å². The number of nitrogens with zero attached hydrogens (tertiary/aromatic N) is 2. The van der Waals surface area contributed by atoms with Gasteiger partial charge >= 0.3 is 5.97 Å². The standard InChI is InChI=1S/C12H17N3O3S/c1-2-9(16)13-12-14-10(11(17)18)8(19-12)7-15-5-3-4-6-15/h2-7H2,1H3,(H,17,18)(H,13,14,16). The van der Waals surface area contributed by atoms with Crippen molar-refractivity contribution in [3.05, 3.63) is 10.6 Å². The Bertz CT molecular complexity index is 481. The number of carboxylic acid groups (broad SMARTS) is 1. The van der Waals surface area contributed by atoms with Crippen LogP contribution in [-0.2, 0) is 11.3 Å². The molecule has 0 radical (unpaired) electrons. The zero-order valence-electron chi connectivity index (χ0n) is 10.8. The number of hydrogen-bond acceptors (Lipinski definition) is 5. The number of nitrogens with one attached hydrogen (secondary N) is 1. The van der Waals surface area contributed by atoms with Gasteiger partial charge in [0, 0.05) is 13.0 Å². The van der Waals surface area contributed by atoms with Gasteiger partial charge in [-0.3, -0.25) is 9.69 Å². The minimum absolute atomic E-state index is 0.0586. The Morgan fingerprint density at radius 3 is 2.68 bits per heavy atom. The van der Waals surface area contributed by atoms with Gasteiger partial charge < -0.3 is 10.4 Å². The highest BCUT2D eigenvalue weighted by Gasteiger charge is 2.21. The Morgan fingerprint density at radius 1 is 1.42 bits per heavy atom. The second-order valence-electron chi connectivity index (χ2n) is 4.48. The molecule has 7 heteroatoms. The van der Waals surface area contributed by atoms with Crippen molar-refractivity contribution < 1.29 is 14.7 Å². The third kappa shape index (κ3) is 3.51. The molecule has 2 heterocycles. The maximum atomic E-state index is 11.3. The molecular weight excluding hydrogens is 266 g/mol. The molecule has 1 amide bonds. The average Bonchev–Trinajstić information content (AvgIpc) is 2.99. The van der Waals surface area contributed by atoms with Crippen LogP contribution in [0.5, 0.6) is 0 Å². The Balaban J connectivity index is 2.15. The highest BCUT2D eigenvalue weighted by atomic mass is 32.1. The summed E-state index contributed by atoms with van der Waals surface area (Å²) in [7, 11) is 0. The third-order valence-electron chi connectivity index (χ3n) is 3.03. The van der Waals surface area contributed by atoms with E-state index in [1.165, 1.54) is 11.3 Å². The summed E-state index contributed by atoms with van der Waals surface area (Å²) in [6.07, 6.45) is 2.66. The van der Waals surface area contributed by atoms with Gasteiger partial charge in [0.15, 0.2) is 10.8 Å². The Labute approximate surface area is 115 Å². The summed E-state index contributed by atoms with van der Waals surface area (Å²) in [5, 5.41) is 12.1. The van der Waals surface area contributed by atoms with Crippen molar-refractivity contribution >= 4 is 28.3 Å². The highest BCUT2D eigenvalue weighted by Crippen LogP contribution is 2.26. The molecule has 1 aromatic rings. The lowest BCUT2D eigenvalue weighted by Crippen LogP contribution is -2.19. The Morgan fingerprint density at radius 2 is 2.11 bits per heavy atom. The quantitative estimate of drug-likeness (QED) is 0.860. The van der Waals surface area contributed by atoms with Crippen molar-refractivity contribution in [2.45, 2.75) is 32.7 Å². The molecule has 0 spiro atoms. The second-order valence-corrected chi connectivity index (χ2v) is 5.56. The first kappa shape index (κ1) is 14.0. The number of hydrogen-bond donors (Lipinski definition) is 2. The van der Waals surface area contributed by atoms with E-state index in [-0.39, 0.29) is 11.6 Å². The molecule has 1 fully saturated rings. The smallest absolute Gasteiger partial charge is 0.355 e. The first-order chi connectivity index (χ1) is 9.10. The lowest BCUT2D eigenvalue weighted by atomic mass is 10.3. The van der Waals surface area contributed by atoms with Crippen LogP contribution in [0.15, 0.2) is 0 Å². The number of aromatic nitrogens is 1. The predicted octanol–water partition coefficient (Wildman–Crippen LogP) is 1.79. The lowest BCUT2D eigenvalue weighted by molar-refractivity contribution is -0.115. The first-order valence-corrected chi connectivity index (χ1v) is 7.17. The zero-order chi connectivity index (χ0) is 13.8. The fourth-order valence-corrected chi connectivity index (χ4v) is 3.04. The molecule has 6 nitrogen and oxygen atoms in total. The van der Waals surface area contributed by atoms with E-state index in [1.807, 2.05) is 0 Å². The van der Waals surface area contributed by atoms with Gasteiger partial charge in [0.25, 0.3) is 0 Å². The molecule has 0 saturated carbocycles. The van der Waals surface area contributed by atoms with Gasteiger partial charge in [-0.2, -0.15) is 0 Å². The highest BCUT2D eigenvalue weighted by molar-refractivity contribution is 7.16. The number of carboxylic acids is 1. The SMILES string of the molecule is CCC(=O)Nc1nc(C(=O)O)c(CN2CCCC2)s1. The maximum absolute atomic E-state index is 11.3. The minimum atomic E-state index is -1.04. The van der Waals surface area contributed by atoms with E-state index in [4.69, 9.17) is 5.11 Å². The molecule has 1 aliphatic rings. The van der Waals surface area contributed by atoms with E-state index < -0.39 is 5.97 Å². The number of anilines is 1. The molecule has 104 valence electrons. The minimum Gasteiger partial charge on any atom is -0.476 e. The van der Waals surface area contributed by atoms with Crippen LogP contribution in [0.1, 0.15) is 41.6 Å². The molecule has 0 bridgehead atoms. The monoisotopic (exact) mass is 283 g/mol. The normalized spacial score (nSPS) is 15.6. The summed E-state index contributed by atoms with van der Waals surface area (Å²) in [5.41, 5.74) is 0.0586. The fraction of sp³-hybridized carbons (Fsp3) is 0.583. The van der Waals surface area contributed by atoms with Gasteiger partial charge in [-0.15, -0.1) is 0 Å². The van der Waals surface area contributed by atoms with Crippen LogP contribution < -0.4 is 5.32 Å². The summed E-state index contributed by atoms with van der Waals surface area (Å²) in [6, 6.07) is 0. The van der Waals surface area contributed by atoms with E-state index in [9.17, 15) is 9.59 Å². The van der Waals surface area contributed by atoms with Crippen LogP contribution in [-0.4, -0.2) is 40.0 Å². The largest absolute Gasteiger partial charge is 0.476 e. The van der Waals surface area contributed by atoms with Crippen molar-refractivity contribution in [1.82, 2.24) is 9.88 Å². The molecule has 19 heavy (non-hydrogen) atoms. The van der Waals surface area contributed by atoms with Crippen molar-refractivity contribution in [2.24, 2.45) is 0 Å². The number of carbonyl (C=O) groups is 2. The summed E-state index contributed by atoms with van der Waals surface area (Å²) in [5.74, 6) is -1.19. The second kappa shape index (κ2) is 6.12. The van der Waals surface area contributed by atoms with Crippen LogP contribution in [0.2, 0.25) is 0 Å². The molecule has 1 saturated heterocycles. The molecule has 2 N–H and O–H groups in total. The van der Waals surface area contributed by atoms with Gasteiger partial charge in [-0.1, -0.05) is 18.3 Å². The Kier molecular flexibility index (Phi) is 4.49. The van der Waals surface area contributed by atoms with E-state index in [2.05, 4.69) is 15.2 Å². The van der Waals surface area contributed by atoms with Crippen molar-refractivity contribution in [2.75, 3.05) is 18.4 Å². The van der Waals surface area contributed by atoms with Gasteiger partial charge in [-0.05, 0) is 25.9 Å². The molecular formula is C12H17N3O3S. The van der Waals surface area contributed by atoms with Gasteiger partial charge in [-0.25, -0.2) is 9.78 Å². The Hall–Kier alpha value is -1.47. The summed E-state index contributed by atoms with van der Waals surface area (Å²) >= 11 is 1.25. The van der Waals surface area contributed by atoms with Crippen molar-refractivity contribution in [3.63, 3.8) is 0 Å². The molecule has 0 aliphatic carbocycles. The van der Waals surface area contributed by atoms with Gasteiger partial charge in [0.2, 0.25) is 5.91 Å². The number of rotatable bonds is 5. The fourth-order valence-electron chi connectivity index (χ4n) is 2.03. The van der Waals surface area contributed by atoms with Crippen LogP contribution >= 0.6 is 11.3 Å². The van der Waals surface area contributed by atoms with Gasteiger partial charge in [0.1, 0.15) is 0 Å². The summed E-state index contributed by atoms with van der Waals surface area (Å²) < 4.78 is 0. The lowest BCUT2D eigenvalue weighted by Gasteiger charge is -2.12. The van der Waals surface area contributed by atoms with E-state index in [1.54, 1.807) is 6.92 Å². The molecule has 0 unspecified atom stereocenters. The van der Waals surface area contributed by atoms with Crippen LogP contribution in [0.4, 0.5) is 5.13 Å². The van der Waals surface area contributed by atoms with Crippen LogP contribution in [0.3, 0.4) is 0 Å². The number of amides is 1. The summed E-state index contributed by atoms with van der Waals surface area (Å²) in [4.78, 5) is 29.4. The predicted molar refractivity (Wildman–Crippen MR) is 72.5 cm³/mol. The number of thiazole rings is 1. The number of likely N-dealkylation sites (tertiary alicyclic amines) is 1. The molecule has 1 aliphatic heterocycles. The molecule has 1 aromatic heterocycles. The van der Waals surface area contributed by atoms with Crippen molar-refractivity contribution in [1.29, 1.82) is 0 Å². The molecule has 0 atom stereocenters. The van der Waals surface area contributed by atoms with Gasteiger partial charge in [0.05, 0.1) is 4.88 Å². The van der Waals surface area contributed by atoms with Crippen LogP contribution in [0, 0.1) is 0 Å². The zero-order valence-corrected chi connectivity index (χ0v) is 11.6. The van der Waals surface area contributed by atoms with Crippen LogP contribution in [0.25, 0.3) is 0 Å². The summed E-state index contributed by atoms with van der Waals surface area (Å²) in [6.45, 7) is 4.33. The molecule has 0 aromatic carbocycles. The average molecular weight is 283 g/mol. The number of aromatic carboxylic acids is 1.